The zero-order chi connectivity index (χ0) is 13.0. The van der Waals surface area contributed by atoms with E-state index in [1.807, 2.05) is 11.8 Å². The molecule has 2 heterocycles. The highest BCUT2D eigenvalue weighted by Gasteiger charge is 2.29. The number of nitrogens with one attached hydrogen (secondary N) is 1. The SMILES string of the molecule is CCC(C)SCc1noc(C2CC(OC)CN2)n1. The molecule has 1 N–H and O–H groups in total. The van der Waals surface area contributed by atoms with E-state index in [1.54, 1.807) is 7.11 Å². The molecule has 0 spiro atoms. The number of ether oxygens (including phenoxy) is 1. The molecular formula is C12H21N3O2S. The number of nitrogens with zero attached hydrogens (tertiary/aromatic N) is 2. The summed E-state index contributed by atoms with van der Waals surface area (Å²) in [4.78, 5) is 4.45. The second-order valence-corrected chi connectivity index (χ2v) is 6.06. The minimum Gasteiger partial charge on any atom is -0.380 e. The van der Waals surface area contributed by atoms with E-state index in [0.29, 0.717) is 11.1 Å². The maximum Gasteiger partial charge on any atom is 0.243 e. The van der Waals surface area contributed by atoms with E-state index in [0.717, 1.165) is 31.0 Å². The molecule has 18 heavy (non-hydrogen) atoms. The molecule has 1 saturated heterocycles. The summed E-state index contributed by atoms with van der Waals surface area (Å²) in [5.41, 5.74) is 0. The molecule has 0 aromatic carbocycles. The van der Waals surface area contributed by atoms with Crippen LogP contribution in [0.3, 0.4) is 0 Å². The predicted molar refractivity (Wildman–Crippen MR) is 71.5 cm³/mol. The Morgan fingerprint density at radius 3 is 3.11 bits per heavy atom. The van der Waals surface area contributed by atoms with Crippen LogP contribution in [0.15, 0.2) is 4.52 Å². The minimum atomic E-state index is 0.143. The van der Waals surface area contributed by atoms with Crippen molar-refractivity contribution in [3.63, 3.8) is 0 Å². The van der Waals surface area contributed by atoms with Gasteiger partial charge < -0.3 is 14.6 Å². The largest absolute Gasteiger partial charge is 0.380 e. The van der Waals surface area contributed by atoms with Crippen LogP contribution in [0.25, 0.3) is 0 Å². The summed E-state index contributed by atoms with van der Waals surface area (Å²) in [7, 11) is 1.73. The highest BCUT2D eigenvalue weighted by Crippen LogP contribution is 2.24. The van der Waals surface area contributed by atoms with Crippen LogP contribution in [0.2, 0.25) is 0 Å². The first kappa shape index (κ1) is 13.8. The monoisotopic (exact) mass is 271 g/mol. The molecule has 1 aliphatic rings. The summed E-state index contributed by atoms with van der Waals surface area (Å²) >= 11 is 1.86. The summed E-state index contributed by atoms with van der Waals surface area (Å²) < 4.78 is 10.6. The summed E-state index contributed by atoms with van der Waals surface area (Å²) in [6.45, 7) is 5.25. The Hall–Kier alpha value is -0.590. The molecule has 1 fully saturated rings. The molecule has 102 valence electrons. The maximum absolute atomic E-state index is 5.31. The van der Waals surface area contributed by atoms with Gasteiger partial charge in [-0.3, -0.25) is 0 Å². The second-order valence-electron chi connectivity index (χ2n) is 4.63. The highest BCUT2D eigenvalue weighted by atomic mass is 32.2. The van der Waals surface area contributed by atoms with Gasteiger partial charge in [-0.25, -0.2) is 0 Å². The van der Waals surface area contributed by atoms with Crippen LogP contribution in [0.5, 0.6) is 0 Å². The molecule has 1 aliphatic heterocycles. The smallest absolute Gasteiger partial charge is 0.243 e. The molecule has 0 radical (unpaired) electrons. The van der Waals surface area contributed by atoms with Crippen LogP contribution in [-0.4, -0.2) is 35.1 Å². The lowest BCUT2D eigenvalue weighted by Gasteiger charge is -2.05. The Morgan fingerprint density at radius 2 is 2.44 bits per heavy atom. The van der Waals surface area contributed by atoms with E-state index in [-0.39, 0.29) is 12.1 Å². The van der Waals surface area contributed by atoms with Crippen LogP contribution >= 0.6 is 11.8 Å². The Kier molecular flexibility index (Phi) is 5.03. The number of thioether (sulfide) groups is 1. The van der Waals surface area contributed by atoms with E-state index >= 15 is 0 Å². The first-order chi connectivity index (χ1) is 8.72. The third kappa shape index (κ3) is 3.46. The summed E-state index contributed by atoms with van der Waals surface area (Å²) in [6, 6.07) is 0.143. The molecule has 3 unspecified atom stereocenters. The topological polar surface area (TPSA) is 60.2 Å². The van der Waals surface area contributed by atoms with Crippen LogP contribution < -0.4 is 5.32 Å². The molecule has 1 aromatic heterocycles. The summed E-state index contributed by atoms with van der Waals surface area (Å²) in [5, 5.41) is 8.00. The van der Waals surface area contributed by atoms with Crippen molar-refractivity contribution in [3.8, 4) is 0 Å². The second kappa shape index (κ2) is 6.54. The van der Waals surface area contributed by atoms with E-state index in [4.69, 9.17) is 9.26 Å². The molecule has 5 nitrogen and oxygen atoms in total. The maximum atomic E-state index is 5.31. The highest BCUT2D eigenvalue weighted by molar-refractivity contribution is 7.99. The number of aromatic nitrogens is 2. The Balaban J connectivity index is 1.86. The first-order valence-corrected chi connectivity index (χ1v) is 7.48. The van der Waals surface area contributed by atoms with Crippen molar-refractivity contribution >= 4 is 11.8 Å². The lowest BCUT2D eigenvalue weighted by molar-refractivity contribution is 0.116. The normalized spacial score (nSPS) is 25.5. The summed E-state index contributed by atoms with van der Waals surface area (Å²) in [6.07, 6.45) is 2.31. The van der Waals surface area contributed by atoms with Gasteiger partial charge >= 0.3 is 0 Å². The molecular weight excluding hydrogens is 250 g/mol. The number of hydrogen-bond donors (Lipinski definition) is 1. The van der Waals surface area contributed by atoms with Crippen molar-refractivity contribution in [3.05, 3.63) is 11.7 Å². The Labute approximate surface area is 112 Å². The van der Waals surface area contributed by atoms with Gasteiger partial charge in [0.2, 0.25) is 5.89 Å². The van der Waals surface area contributed by atoms with Crippen molar-refractivity contribution in [2.24, 2.45) is 0 Å². The van der Waals surface area contributed by atoms with E-state index in [1.165, 1.54) is 0 Å². The van der Waals surface area contributed by atoms with Crippen LogP contribution in [0.4, 0.5) is 0 Å². The average molecular weight is 271 g/mol. The van der Waals surface area contributed by atoms with Gasteiger partial charge in [-0.05, 0) is 12.8 Å². The Morgan fingerprint density at radius 1 is 1.61 bits per heavy atom. The van der Waals surface area contributed by atoms with Crippen LogP contribution in [0, 0.1) is 0 Å². The minimum absolute atomic E-state index is 0.143. The molecule has 6 heteroatoms. The van der Waals surface area contributed by atoms with Gasteiger partial charge in [0.15, 0.2) is 5.82 Å². The van der Waals surface area contributed by atoms with Crippen molar-refractivity contribution in [1.29, 1.82) is 0 Å². The third-order valence-electron chi connectivity index (χ3n) is 3.28. The average Bonchev–Trinajstić information content (AvgIpc) is 3.03. The van der Waals surface area contributed by atoms with Gasteiger partial charge in [0, 0.05) is 18.9 Å². The van der Waals surface area contributed by atoms with E-state index < -0.39 is 0 Å². The lowest BCUT2D eigenvalue weighted by atomic mass is 10.2. The van der Waals surface area contributed by atoms with Gasteiger partial charge in [-0.2, -0.15) is 16.7 Å². The predicted octanol–water partition coefficient (Wildman–Crippen LogP) is 2.15. The fourth-order valence-corrected chi connectivity index (χ4v) is 2.66. The van der Waals surface area contributed by atoms with Crippen molar-refractivity contribution in [2.75, 3.05) is 13.7 Å². The zero-order valence-electron chi connectivity index (χ0n) is 11.2. The first-order valence-electron chi connectivity index (χ1n) is 6.43. The van der Waals surface area contributed by atoms with Crippen LogP contribution in [0.1, 0.15) is 44.4 Å². The Bertz CT molecular complexity index is 372. The zero-order valence-corrected chi connectivity index (χ0v) is 12.0. The van der Waals surface area contributed by atoms with Gasteiger partial charge in [0.05, 0.1) is 17.9 Å². The van der Waals surface area contributed by atoms with Gasteiger partial charge in [-0.1, -0.05) is 19.0 Å². The number of methoxy groups -OCH3 is 1. The van der Waals surface area contributed by atoms with Gasteiger partial charge in [0.1, 0.15) is 0 Å². The molecule has 2 rings (SSSR count). The fourth-order valence-electron chi connectivity index (χ4n) is 1.87. The van der Waals surface area contributed by atoms with Gasteiger partial charge in [0.25, 0.3) is 0 Å². The quantitative estimate of drug-likeness (QED) is 0.855. The van der Waals surface area contributed by atoms with Crippen molar-refractivity contribution in [1.82, 2.24) is 15.5 Å². The number of rotatable bonds is 6. The van der Waals surface area contributed by atoms with Crippen LogP contribution in [-0.2, 0) is 10.5 Å². The third-order valence-corrected chi connectivity index (χ3v) is 4.60. The molecule has 0 aliphatic carbocycles. The van der Waals surface area contributed by atoms with E-state index in [2.05, 4.69) is 29.3 Å². The van der Waals surface area contributed by atoms with Crippen molar-refractivity contribution < 1.29 is 9.26 Å². The molecule has 0 amide bonds. The summed E-state index contributed by atoms with van der Waals surface area (Å²) in [5.74, 6) is 2.30. The van der Waals surface area contributed by atoms with Gasteiger partial charge in [-0.15, -0.1) is 0 Å². The molecule has 3 atom stereocenters. The molecule has 1 aromatic rings. The molecule has 0 saturated carbocycles. The van der Waals surface area contributed by atoms with Crippen molar-refractivity contribution in [2.45, 2.75) is 49.8 Å². The lowest BCUT2D eigenvalue weighted by Crippen LogP contribution is -2.16. The standard InChI is InChI=1S/C12H21N3O2S/c1-4-8(2)18-7-11-14-12(17-15-11)10-5-9(16-3)6-13-10/h8-10,13H,4-7H2,1-3H3. The number of hydrogen-bond acceptors (Lipinski definition) is 6. The molecule has 0 bridgehead atoms. The van der Waals surface area contributed by atoms with E-state index in [9.17, 15) is 0 Å². The fraction of sp³-hybridized carbons (Fsp3) is 0.833.